The van der Waals surface area contributed by atoms with Crippen molar-refractivity contribution >= 4 is 44.3 Å². The van der Waals surface area contributed by atoms with Gasteiger partial charge in [-0.1, -0.05) is 24.3 Å². The molecule has 0 bridgehead atoms. The maximum Gasteiger partial charge on any atom is 0.265 e. The Hall–Kier alpha value is -3.59. The van der Waals surface area contributed by atoms with E-state index < -0.39 is 10.0 Å². The maximum atomic E-state index is 13.1. The molecule has 0 N–H and O–H groups in total. The molecule has 1 atom stereocenters. The number of aliphatic imine (C=N–C) groups is 1. The van der Waals surface area contributed by atoms with Crippen molar-refractivity contribution in [1.29, 1.82) is 0 Å². The smallest absolute Gasteiger partial charge is 0.265 e. The number of methoxy groups -OCH3 is 1. The van der Waals surface area contributed by atoms with Crippen molar-refractivity contribution in [3.05, 3.63) is 54.1 Å². The van der Waals surface area contributed by atoms with E-state index in [0.717, 1.165) is 48.7 Å². The number of benzene rings is 3. The van der Waals surface area contributed by atoms with Crippen LogP contribution in [0.1, 0.15) is 42.5 Å². The van der Waals surface area contributed by atoms with E-state index in [1.807, 2.05) is 35.4 Å². The molecule has 1 amide bonds. The van der Waals surface area contributed by atoms with E-state index in [1.165, 1.54) is 4.31 Å². The first-order valence-corrected chi connectivity index (χ1v) is 14.2. The number of amides is 1. The largest absolute Gasteiger partial charge is 0.493 e. The molecule has 0 radical (unpaired) electrons. The molecule has 0 aliphatic carbocycles. The first-order chi connectivity index (χ1) is 18.0. The Bertz CT molecular complexity index is 1510. The Balaban J connectivity index is 1.08. The van der Waals surface area contributed by atoms with Crippen LogP contribution in [0.15, 0.2) is 58.4 Å². The fourth-order valence-corrected chi connectivity index (χ4v) is 7.28. The molecule has 0 unspecified atom stereocenters. The molecule has 8 nitrogen and oxygen atoms in total. The van der Waals surface area contributed by atoms with Crippen molar-refractivity contribution in [3.63, 3.8) is 0 Å². The summed E-state index contributed by atoms with van der Waals surface area (Å²) in [6.07, 6.45) is 6.05. The molecule has 1 fully saturated rings. The van der Waals surface area contributed by atoms with Crippen molar-refractivity contribution < 1.29 is 22.7 Å². The monoisotopic (exact) mass is 519 g/mol. The lowest BCUT2D eigenvalue weighted by Crippen LogP contribution is -2.35. The SMILES string of the molecule is COc1cc2c(cc1OCCCCCN1c3cccc4cccc(c34)S1(=O)=O)N=C[C@@H]1CCCN1C2=O. The number of hydrogen-bond donors (Lipinski definition) is 0. The van der Waals surface area contributed by atoms with Crippen molar-refractivity contribution in [2.24, 2.45) is 4.99 Å². The van der Waals surface area contributed by atoms with Gasteiger partial charge < -0.3 is 14.4 Å². The molecule has 37 heavy (non-hydrogen) atoms. The number of carbonyl (C=O) groups is 1. The zero-order valence-electron chi connectivity index (χ0n) is 20.7. The summed E-state index contributed by atoms with van der Waals surface area (Å²) in [5, 5.41) is 1.75. The van der Waals surface area contributed by atoms with Gasteiger partial charge in [0.05, 0.1) is 41.6 Å². The predicted octanol–water partition coefficient (Wildman–Crippen LogP) is 4.93. The Morgan fingerprint density at radius 1 is 1.05 bits per heavy atom. The van der Waals surface area contributed by atoms with Crippen LogP contribution in [-0.2, 0) is 10.0 Å². The van der Waals surface area contributed by atoms with Crippen LogP contribution in [0.3, 0.4) is 0 Å². The second kappa shape index (κ2) is 9.37. The quantitative estimate of drug-likeness (QED) is 0.394. The molecule has 3 aromatic rings. The number of rotatable bonds is 8. The highest BCUT2D eigenvalue weighted by atomic mass is 32.2. The van der Waals surface area contributed by atoms with E-state index >= 15 is 0 Å². The van der Waals surface area contributed by atoms with Crippen LogP contribution in [-0.4, -0.2) is 58.3 Å². The van der Waals surface area contributed by atoms with Gasteiger partial charge in [0.15, 0.2) is 11.5 Å². The second-order valence-electron chi connectivity index (χ2n) is 9.62. The molecule has 0 aromatic heterocycles. The molecule has 0 saturated carbocycles. The van der Waals surface area contributed by atoms with Crippen LogP contribution in [0.4, 0.5) is 11.4 Å². The highest BCUT2D eigenvalue weighted by molar-refractivity contribution is 7.93. The first-order valence-electron chi connectivity index (χ1n) is 12.7. The van der Waals surface area contributed by atoms with Gasteiger partial charge in [0.2, 0.25) is 0 Å². The summed E-state index contributed by atoms with van der Waals surface area (Å²) in [5.74, 6) is 1.04. The Labute approximate surface area is 216 Å². The average molecular weight is 520 g/mol. The molecule has 3 aliphatic rings. The molecule has 1 saturated heterocycles. The molecule has 0 spiro atoms. The standard InChI is InChI=1S/C28H29N3O5S/c1-35-24-16-21-22(29-18-20-10-7-13-30(20)28(21)32)17-25(24)36-15-4-2-3-14-31-23-11-5-8-19-9-6-12-26(27(19)23)37(31,33)34/h5-6,8-9,11-12,16-18,20H,2-4,7,10,13-15H2,1H3/t20-/m0/s1. The number of ether oxygens (including phenoxy) is 2. The molecule has 3 heterocycles. The Kier molecular flexibility index (Phi) is 6.03. The number of carbonyl (C=O) groups excluding carboxylic acids is 1. The topological polar surface area (TPSA) is 88.5 Å². The van der Waals surface area contributed by atoms with Crippen molar-refractivity contribution in [1.82, 2.24) is 4.90 Å². The van der Waals surface area contributed by atoms with Crippen LogP contribution < -0.4 is 13.8 Å². The van der Waals surface area contributed by atoms with Crippen LogP contribution in [0.5, 0.6) is 11.5 Å². The lowest BCUT2D eigenvalue weighted by atomic mass is 10.1. The zero-order valence-corrected chi connectivity index (χ0v) is 21.5. The molecule has 9 heteroatoms. The summed E-state index contributed by atoms with van der Waals surface area (Å²) < 4.78 is 39.3. The van der Waals surface area contributed by atoms with Crippen molar-refractivity contribution in [2.75, 3.05) is 31.1 Å². The van der Waals surface area contributed by atoms with Gasteiger partial charge in [-0.2, -0.15) is 0 Å². The third kappa shape index (κ3) is 4.01. The third-order valence-corrected chi connectivity index (χ3v) is 9.26. The molecule has 3 aromatic carbocycles. The highest BCUT2D eigenvalue weighted by Gasteiger charge is 2.35. The summed E-state index contributed by atoms with van der Waals surface area (Å²) in [5.41, 5.74) is 1.89. The van der Waals surface area contributed by atoms with Crippen LogP contribution in [0, 0.1) is 0 Å². The number of hydrogen-bond acceptors (Lipinski definition) is 6. The second-order valence-corrected chi connectivity index (χ2v) is 11.5. The number of fused-ring (bicyclic) bond motifs is 2. The highest BCUT2D eigenvalue weighted by Crippen LogP contribution is 2.42. The third-order valence-electron chi connectivity index (χ3n) is 7.40. The molecular formula is C28H29N3O5S. The van der Waals surface area contributed by atoms with Gasteiger partial charge in [-0.25, -0.2) is 8.42 Å². The molecular weight excluding hydrogens is 490 g/mol. The summed E-state index contributed by atoms with van der Waals surface area (Å²) >= 11 is 0. The summed E-state index contributed by atoms with van der Waals surface area (Å²) in [7, 11) is -1.96. The van der Waals surface area contributed by atoms with Crippen LogP contribution >= 0.6 is 0 Å². The van der Waals surface area contributed by atoms with Crippen molar-refractivity contribution in [3.8, 4) is 11.5 Å². The van der Waals surface area contributed by atoms with Gasteiger partial charge in [0, 0.05) is 30.8 Å². The maximum absolute atomic E-state index is 13.1. The minimum atomic E-state index is -3.52. The van der Waals surface area contributed by atoms with E-state index in [1.54, 1.807) is 31.4 Å². The molecule has 192 valence electrons. The Morgan fingerprint density at radius 2 is 1.89 bits per heavy atom. The average Bonchev–Trinajstić information content (AvgIpc) is 3.43. The van der Waals surface area contributed by atoms with Gasteiger partial charge in [-0.15, -0.1) is 0 Å². The summed E-state index contributed by atoms with van der Waals surface area (Å²) in [6, 6.07) is 14.7. The Morgan fingerprint density at radius 3 is 2.73 bits per heavy atom. The minimum absolute atomic E-state index is 0.0189. The van der Waals surface area contributed by atoms with E-state index in [4.69, 9.17) is 9.47 Å². The normalized spacial score (nSPS) is 19.2. The van der Waals surface area contributed by atoms with Crippen LogP contribution in [0.25, 0.3) is 10.8 Å². The molecule has 6 rings (SSSR count). The van der Waals surface area contributed by atoms with Gasteiger partial charge in [-0.05, 0) is 55.7 Å². The van der Waals surface area contributed by atoms with Gasteiger partial charge >= 0.3 is 0 Å². The predicted molar refractivity (Wildman–Crippen MR) is 143 cm³/mol. The number of sulfonamides is 1. The van der Waals surface area contributed by atoms with Gasteiger partial charge in [0.25, 0.3) is 15.9 Å². The lowest BCUT2D eigenvalue weighted by Gasteiger charge is -2.20. The molecule has 3 aliphatic heterocycles. The fraction of sp³-hybridized carbons (Fsp3) is 0.357. The summed E-state index contributed by atoms with van der Waals surface area (Å²) in [6.45, 7) is 1.62. The summed E-state index contributed by atoms with van der Waals surface area (Å²) in [4.78, 5) is 19.9. The van der Waals surface area contributed by atoms with E-state index in [2.05, 4.69) is 4.99 Å². The van der Waals surface area contributed by atoms with Crippen molar-refractivity contribution in [2.45, 2.75) is 43.0 Å². The van der Waals surface area contributed by atoms with E-state index in [0.29, 0.717) is 47.2 Å². The number of anilines is 1. The van der Waals surface area contributed by atoms with E-state index in [-0.39, 0.29) is 11.9 Å². The number of unbranched alkanes of at least 4 members (excludes halogenated alkanes) is 2. The minimum Gasteiger partial charge on any atom is -0.493 e. The lowest BCUT2D eigenvalue weighted by molar-refractivity contribution is 0.0774. The zero-order chi connectivity index (χ0) is 25.6. The van der Waals surface area contributed by atoms with Gasteiger partial charge in [0.1, 0.15) is 0 Å². The van der Waals surface area contributed by atoms with E-state index in [9.17, 15) is 13.2 Å². The van der Waals surface area contributed by atoms with Gasteiger partial charge in [-0.3, -0.25) is 14.1 Å². The number of nitrogens with zero attached hydrogens (tertiary/aromatic N) is 3. The first kappa shape index (κ1) is 23.8. The van der Waals surface area contributed by atoms with Crippen LogP contribution in [0.2, 0.25) is 0 Å². The fourth-order valence-electron chi connectivity index (χ4n) is 5.54.